The normalized spacial score (nSPS) is 11.1. The summed E-state index contributed by atoms with van der Waals surface area (Å²) in [5.41, 5.74) is 0.373. The Hall–Kier alpha value is -3.34. The summed E-state index contributed by atoms with van der Waals surface area (Å²) in [4.78, 5) is 12.5. The molecule has 0 spiro atoms. The van der Waals surface area contributed by atoms with Crippen molar-refractivity contribution < 1.29 is 17.9 Å². The fourth-order valence-electron chi connectivity index (χ4n) is 3.27. The molecule has 0 aliphatic rings. The maximum Gasteiger partial charge on any atom is 0.252 e. The predicted octanol–water partition coefficient (Wildman–Crippen LogP) is 3.68. The molecule has 0 heterocycles. The highest BCUT2D eigenvalue weighted by Crippen LogP contribution is 2.24. The molecule has 3 aromatic carbocycles. The molecular weight excluding hydrogens is 424 g/mol. The number of carbonyl (C=O) groups excluding carboxylic acids is 1. The third-order valence-electron chi connectivity index (χ3n) is 4.97. The second-order valence-corrected chi connectivity index (χ2v) is 8.85. The number of amides is 1. The van der Waals surface area contributed by atoms with Gasteiger partial charge in [0.2, 0.25) is 10.0 Å². The molecule has 0 radical (unpaired) electrons. The third kappa shape index (κ3) is 5.47. The summed E-state index contributed by atoms with van der Waals surface area (Å²) < 4.78 is 32.2. The number of rotatable bonds is 8. The summed E-state index contributed by atoms with van der Waals surface area (Å²) in [6, 6.07) is 19.7. The minimum atomic E-state index is -3.54. The number of ether oxygens (including phenoxy) is 1. The number of hydrogen-bond acceptors (Lipinski definition) is 4. The molecule has 3 rings (SSSR count). The second kappa shape index (κ2) is 10.8. The van der Waals surface area contributed by atoms with Gasteiger partial charge in [-0.25, -0.2) is 8.42 Å². The van der Waals surface area contributed by atoms with Crippen molar-refractivity contribution in [2.45, 2.75) is 18.7 Å². The van der Waals surface area contributed by atoms with Crippen LogP contribution in [0.1, 0.15) is 24.2 Å². The van der Waals surface area contributed by atoms with Crippen molar-refractivity contribution in [2.24, 2.45) is 0 Å². The van der Waals surface area contributed by atoms with Crippen LogP contribution in [0.25, 0.3) is 10.8 Å². The van der Waals surface area contributed by atoms with Gasteiger partial charge in [0, 0.05) is 24.0 Å². The Morgan fingerprint density at radius 1 is 0.938 bits per heavy atom. The quantitative estimate of drug-likeness (QED) is 0.531. The maximum atomic E-state index is 12.5. The molecule has 1 N–H and O–H groups in total. The highest BCUT2D eigenvalue weighted by molar-refractivity contribution is 7.89. The lowest BCUT2D eigenvalue weighted by Gasteiger charge is -2.18. The first-order valence-corrected chi connectivity index (χ1v) is 11.9. The zero-order valence-electron chi connectivity index (χ0n) is 18.2. The number of nitrogens with zero attached hydrogens (tertiary/aromatic N) is 1. The van der Waals surface area contributed by atoms with E-state index < -0.39 is 10.0 Å². The number of sulfonamides is 1. The van der Waals surface area contributed by atoms with E-state index in [1.54, 1.807) is 13.8 Å². The molecule has 6 nitrogen and oxygen atoms in total. The standard InChI is InChI=1S/C25H26N2O4S/c1-3-27(4-2)32(29,30)22-16-14-21(15-17-22)25(28)26-18-7-8-19-31-24-13-9-11-20-10-5-6-12-23(20)24/h5-6,9-17H,3-4,18-19H2,1-2H3,(H,26,28). The Balaban J connectivity index is 1.52. The number of benzene rings is 3. The van der Waals surface area contributed by atoms with Crippen LogP contribution in [0.3, 0.4) is 0 Å². The van der Waals surface area contributed by atoms with E-state index in [1.165, 1.54) is 28.6 Å². The minimum absolute atomic E-state index is 0.164. The SMILES string of the molecule is CCN(CC)S(=O)(=O)c1ccc(C(=O)NCC#CCOc2cccc3ccccc23)cc1. The van der Waals surface area contributed by atoms with Gasteiger partial charge in [0.05, 0.1) is 11.4 Å². The number of fused-ring (bicyclic) bond motifs is 1. The van der Waals surface area contributed by atoms with Gasteiger partial charge in [-0.3, -0.25) is 4.79 Å². The molecule has 1 amide bonds. The molecule has 0 aliphatic carbocycles. The van der Waals surface area contributed by atoms with E-state index in [2.05, 4.69) is 17.2 Å². The lowest BCUT2D eigenvalue weighted by atomic mass is 10.1. The molecular formula is C25H26N2O4S. The van der Waals surface area contributed by atoms with Crippen LogP contribution in [0.4, 0.5) is 0 Å². The Labute approximate surface area is 189 Å². The van der Waals surface area contributed by atoms with Gasteiger partial charge in [-0.1, -0.05) is 62.1 Å². The number of nitrogens with one attached hydrogen (secondary N) is 1. The van der Waals surface area contributed by atoms with Crippen LogP contribution in [0.15, 0.2) is 71.6 Å². The molecule has 0 saturated carbocycles. The molecule has 0 saturated heterocycles. The van der Waals surface area contributed by atoms with E-state index in [0.717, 1.165) is 16.5 Å². The average molecular weight is 451 g/mol. The first kappa shape index (κ1) is 23.3. The lowest BCUT2D eigenvalue weighted by Crippen LogP contribution is -2.30. The van der Waals surface area contributed by atoms with Crippen LogP contribution in [0.2, 0.25) is 0 Å². The van der Waals surface area contributed by atoms with Crippen LogP contribution >= 0.6 is 0 Å². The molecule has 0 aromatic heterocycles. The highest BCUT2D eigenvalue weighted by Gasteiger charge is 2.21. The van der Waals surface area contributed by atoms with E-state index in [-0.39, 0.29) is 24.0 Å². The van der Waals surface area contributed by atoms with Crippen molar-refractivity contribution in [1.82, 2.24) is 9.62 Å². The molecule has 0 aliphatic heterocycles. The number of carbonyl (C=O) groups is 1. The van der Waals surface area contributed by atoms with Gasteiger partial charge >= 0.3 is 0 Å². The Morgan fingerprint density at radius 2 is 1.62 bits per heavy atom. The van der Waals surface area contributed by atoms with Gasteiger partial charge in [0.15, 0.2) is 0 Å². The van der Waals surface area contributed by atoms with Gasteiger partial charge in [-0.2, -0.15) is 4.31 Å². The van der Waals surface area contributed by atoms with Crippen LogP contribution in [0.5, 0.6) is 5.75 Å². The summed E-state index contributed by atoms with van der Waals surface area (Å²) in [6.07, 6.45) is 0. The summed E-state index contributed by atoms with van der Waals surface area (Å²) >= 11 is 0. The van der Waals surface area contributed by atoms with Crippen molar-refractivity contribution >= 4 is 26.7 Å². The van der Waals surface area contributed by atoms with Gasteiger partial charge in [0.25, 0.3) is 5.91 Å². The summed E-state index contributed by atoms with van der Waals surface area (Å²) in [5.74, 6) is 6.20. The third-order valence-corrected chi connectivity index (χ3v) is 7.04. The lowest BCUT2D eigenvalue weighted by molar-refractivity contribution is 0.0958. The van der Waals surface area contributed by atoms with E-state index in [9.17, 15) is 13.2 Å². The van der Waals surface area contributed by atoms with Crippen LogP contribution in [-0.4, -0.2) is 44.9 Å². The first-order chi connectivity index (χ1) is 15.5. The number of hydrogen-bond donors (Lipinski definition) is 1. The van der Waals surface area contributed by atoms with E-state index in [4.69, 9.17) is 4.74 Å². The van der Waals surface area contributed by atoms with E-state index in [0.29, 0.717) is 18.7 Å². The largest absolute Gasteiger partial charge is 0.480 e. The second-order valence-electron chi connectivity index (χ2n) is 6.92. The molecule has 32 heavy (non-hydrogen) atoms. The van der Waals surface area contributed by atoms with Crippen LogP contribution in [-0.2, 0) is 10.0 Å². The van der Waals surface area contributed by atoms with Crippen molar-refractivity contribution in [1.29, 1.82) is 0 Å². The molecule has 0 unspecified atom stereocenters. The van der Waals surface area contributed by atoms with E-state index >= 15 is 0 Å². The topological polar surface area (TPSA) is 75.7 Å². The Bertz CT molecular complexity index is 1230. The summed E-state index contributed by atoms with van der Waals surface area (Å²) in [6.45, 7) is 4.74. The van der Waals surface area contributed by atoms with Gasteiger partial charge in [-0.05, 0) is 35.7 Å². The van der Waals surface area contributed by atoms with Crippen molar-refractivity contribution in [3.05, 3.63) is 72.3 Å². The smallest absolute Gasteiger partial charge is 0.252 e. The minimum Gasteiger partial charge on any atom is -0.480 e. The molecule has 7 heteroatoms. The maximum absolute atomic E-state index is 12.5. The van der Waals surface area contributed by atoms with Crippen molar-refractivity contribution in [3.8, 4) is 17.6 Å². The fraction of sp³-hybridized carbons (Fsp3) is 0.240. The molecule has 166 valence electrons. The zero-order chi connectivity index (χ0) is 23.0. The molecule has 0 atom stereocenters. The fourth-order valence-corrected chi connectivity index (χ4v) is 4.72. The van der Waals surface area contributed by atoms with Gasteiger partial charge in [-0.15, -0.1) is 0 Å². The van der Waals surface area contributed by atoms with Crippen LogP contribution in [0, 0.1) is 11.8 Å². The average Bonchev–Trinajstić information content (AvgIpc) is 2.82. The first-order valence-electron chi connectivity index (χ1n) is 10.4. The highest BCUT2D eigenvalue weighted by atomic mass is 32.2. The van der Waals surface area contributed by atoms with Crippen LogP contribution < -0.4 is 10.1 Å². The molecule has 3 aromatic rings. The van der Waals surface area contributed by atoms with Gasteiger partial charge in [0.1, 0.15) is 12.4 Å². The Kier molecular flexibility index (Phi) is 7.87. The Morgan fingerprint density at radius 3 is 2.34 bits per heavy atom. The molecule has 0 bridgehead atoms. The van der Waals surface area contributed by atoms with E-state index in [1.807, 2.05) is 42.5 Å². The molecule has 0 fully saturated rings. The van der Waals surface area contributed by atoms with Crippen molar-refractivity contribution in [3.63, 3.8) is 0 Å². The zero-order valence-corrected chi connectivity index (χ0v) is 19.0. The predicted molar refractivity (Wildman–Crippen MR) is 126 cm³/mol. The monoisotopic (exact) mass is 450 g/mol. The summed E-state index contributed by atoms with van der Waals surface area (Å²) in [7, 11) is -3.54. The van der Waals surface area contributed by atoms with Crippen molar-refractivity contribution in [2.75, 3.05) is 26.2 Å². The summed E-state index contributed by atoms with van der Waals surface area (Å²) in [5, 5.41) is 4.83. The van der Waals surface area contributed by atoms with Gasteiger partial charge < -0.3 is 10.1 Å².